The second-order valence-corrected chi connectivity index (χ2v) is 5.83. The predicted octanol–water partition coefficient (Wildman–Crippen LogP) is 1.43. The lowest BCUT2D eigenvalue weighted by Crippen LogP contribution is -2.17. The molecule has 2 N–H and O–H groups in total. The van der Waals surface area contributed by atoms with Gasteiger partial charge in [0.15, 0.2) is 0 Å². The molecule has 106 valence electrons. The number of rotatable bonds is 4. The summed E-state index contributed by atoms with van der Waals surface area (Å²) < 4.78 is 53.5. The molecule has 0 aromatic heterocycles. The highest BCUT2D eigenvalue weighted by molar-refractivity contribution is 7.89. The van der Waals surface area contributed by atoms with Crippen LogP contribution in [0.3, 0.4) is 0 Å². The highest BCUT2D eigenvalue weighted by Crippen LogP contribution is 2.19. The first-order chi connectivity index (χ1) is 8.62. The van der Waals surface area contributed by atoms with Gasteiger partial charge in [0.2, 0.25) is 10.0 Å². The van der Waals surface area contributed by atoms with E-state index in [1.807, 2.05) is 0 Å². The molecule has 0 aliphatic carbocycles. The average molecular weight is 293 g/mol. The average Bonchev–Trinajstić information content (AvgIpc) is 2.24. The summed E-state index contributed by atoms with van der Waals surface area (Å²) in [7, 11) is -4.39. The summed E-state index contributed by atoms with van der Waals surface area (Å²) in [6, 6.07) is 0.814. The van der Waals surface area contributed by atoms with Gasteiger partial charge in [-0.05, 0) is 12.0 Å². The van der Waals surface area contributed by atoms with E-state index in [2.05, 4.69) is 0 Å². The van der Waals surface area contributed by atoms with Crippen molar-refractivity contribution in [3.63, 3.8) is 0 Å². The number of hydrogen-bond acceptors (Lipinski definition) is 4. The molecule has 0 spiro atoms. The van der Waals surface area contributed by atoms with Crippen LogP contribution in [0.25, 0.3) is 0 Å². The number of esters is 1. The molecule has 0 fully saturated rings. The molecule has 0 unspecified atom stereocenters. The van der Waals surface area contributed by atoms with E-state index in [0.29, 0.717) is 6.07 Å². The van der Waals surface area contributed by atoms with Crippen molar-refractivity contribution in [3.8, 4) is 0 Å². The molecule has 0 atom stereocenters. The minimum absolute atomic E-state index is 0.0187. The first-order valence-electron chi connectivity index (χ1n) is 5.32. The number of primary sulfonamides is 1. The van der Waals surface area contributed by atoms with Crippen molar-refractivity contribution in [1.29, 1.82) is 0 Å². The van der Waals surface area contributed by atoms with Crippen LogP contribution in [0.4, 0.5) is 8.78 Å². The van der Waals surface area contributed by atoms with Crippen LogP contribution in [0.5, 0.6) is 0 Å². The quantitative estimate of drug-likeness (QED) is 0.851. The highest BCUT2D eigenvalue weighted by atomic mass is 32.2. The number of carbonyl (C=O) groups excluding carboxylic acids is 1. The minimum Gasteiger partial charge on any atom is -0.462 e. The van der Waals surface area contributed by atoms with Gasteiger partial charge in [-0.25, -0.2) is 27.1 Å². The Morgan fingerprint density at radius 2 is 1.89 bits per heavy atom. The van der Waals surface area contributed by atoms with Crippen LogP contribution in [0.2, 0.25) is 0 Å². The maximum absolute atomic E-state index is 13.4. The van der Waals surface area contributed by atoms with Crippen molar-refractivity contribution < 1.29 is 26.7 Å². The third-order valence-corrected chi connectivity index (χ3v) is 3.02. The summed E-state index contributed by atoms with van der Waals surface area (Å²) >= 11 is 0. The third kappa shape index (κ3) is 3.97. The molecule has 0 radical (unpaired) electrons. The molecule has 0 aliphatic rings. The molecule has 0 aliphatic heterocycles. The van der Waals surface area contributed by atoms with Crippen molar-refractivity contribution in [2.75, 3.05) is 6.61 Å². The fourth-order valence-electron chi connectivity index (χ4n) is 1.22. The molecule has 0 heterocycles. The van der Waals surface area contributed by atoms with E-state index < -0.39 is 38.1 Å². The van der Waals surface area contributed by atoms with E-state index in [1.165, 1.54) is 0 Å². The molecule has 1 aromatic rings. The SMILES string of the molecule is CC(C)COC(=O)c1cc(S(N)(=O)=O)c(F)cc1F. The largest absolute Gasteiger partial charge is 0.462 e. The van der Waals surface area contributed by atoms with Gasteiger partial charge >= 0.3 is 5.97 Å². The van der Waals surface area contributed by atoms with E-state index in [0.717, 1.165) is 0 Å². The fraction of sp³-hybridized carbons (Fsp3) is 0.364. The van der Waals surface area contributed by atoms with Gasteiger partial charge in [-0.2, -0.15) is 0 Å². The van der Waals surface area contributed by atoms with E-state index in [4.69, 9.17) is 9.88 Å². The Bertz CT molecular complexity index is 599. The number of ether oxygens (including phenoxy) is 1. The lowest BCUT2D eigenvalue weighted by atomic mass is 10.2. The zero-order valence-electron chi connectivity index (χ0n) is 10.3. The van der Waals surface area contributed by atoms with Crippen LogP contribution in [0.1, 0.15) is 24.2 Å². The molecule has 0 amide bonds. The van der Waals surface area contributed by atoms with E-state index >= 15 is 0 Å². The summed E-state index contributed by atoms with van der Waals surface area (Å²) in [6.07, 6.45) is 0. The van der Waals surface area contributed by atoms with Crippen molar-refractivity contribution >= 4 is 16.0 Å². The van der Waals surface area contributed by atoms with Gasteiger partial charge in [-0.15, -0.1) is 0 Å². The monoisotopic (exact) mass is 293 g/mol. The Kier molecular flexibility index (Phi) is 4.59. The van der Waals surface area contributed by atoms with Gasteiger partial charge in [0, 0.05) is 6.07 Å². The van der Waals surface area contributed by atoms with Gasteiger partial charge in [-0.1, -0.05) is 13.8 Å². The molecule has 5 nitrogen and oxygen atoms in total. The Morgan fingerprint density at radius 3 is 2.37 bits per heavy atom. The third-order valence-electron chi connectivity index (χ3n) is 2.10. The van der Waals surface area contributed by atoms with Crippen molar-refractivity contribution in [2.24, 2.45) is 11.1 Å². The van der Waals surface area contributed by atoms with Crippen molar-refractivity contribution in [3.05, 3.63) is 29.3 Å². The molecule has 0 bridgehead atoms. The van der Waals surface area contributed by atoms with Crippen LogP contribution in [0.15, 0.2) is 17.0 Å². The minimum atomic E-state index is -4.39. The second kappa shape index (κ2) is 5.62. The van der Waals surface area contributed by atoms with Gasteiger partial charge < -0.3 is 4.74 Å². The molecule has 0 saturated heterocycles. The fourth-order valence-corrected chi connectivity index (χ4v) is 1.84. The number of carbonyl (C=O) groups is 1. The predicted molar refractivity (Wildman–Crippen MR) is 62.9 cm³/mol. The number of benzene rings is 1. The lowest BCUT2D eigenvalue weighted by Gasteiger charge is -2.09. The van der Waals surface area contributed by atoms with E-state index in [-0.39, 0.29) is 18.6 Å². The van der Waals surface area contributed by atoms with E-state index in [9.17, 15) is 22.0 Å². The summed E-state index contributed by atoms with van der Waals surface area (Å²) in [5.41, 5.74) is -0.675. The van der Waals surface area contributed by atoms with Crippen LogP contribution in [-0.4, -0.2) is 21.0 Å². The standard InChI is InChI=1S/C11H13F2NO4S/c1-6(2)5-18-11(15)7-3-10(19(14,16)17)9(13)4-8(7)12/h3-4,6H,5H2,1-2H3,(H2,14,16,17). The zero-order valence-corrected chi connectivity index (χ0v) is 11.1. The Balaban J connectivity index is 3.19. The van der Waals surface area contributed by atoms with Crippen LogP contribution in [-0.2, 0) is 14.8 Å². The normalized spacial score (nSPS) is 11.7. The molecular formula is C11H13F2NO4S. The van der Waals surface area contributed by atoms with Gasteiger partial charge in [0.25, 0.3) is 0 Å². The number of sulfonamides is 1. The smallest absolute Gasteiger partial charge is 0.341 e. The number of hydrogen-bond donors (Lipinski definition) is 1. The molecule has 0 saturated carbocycles. The summed E-state index contributed by atoms with van der Waals surface area (Å²) in [5.74, 6) is -3.62. The molecule has 1 aromatic carbocycles. The Labute approximate surface area is 109 Å². The highest BCUT2D eigenvalue weighted by Gasteiger charge is 2.22. The molecular weight excluding hydrogens is 280 g/mol. The van der Waals surface area contributed by atoms with Crippen molar-refractivity contribution in [1.82, 2.24) is 0 Å². The van der Waals surface area contributed by atoms with Gasteiger partial charge in [-0.3, -0.25) is 0 Å². The second-order valence-electron chi connectivity index (χ2n) is 4.30. The Morgan fingerprint density at radius 1 is 1.32 bits per heavy atom. The number of nitrogens with two attached hydrogens (primary N) is 1. The van der Waals surface area contributed by atoms with Gasteiger partial charge in [0.1, 0.15) is 16.5 Å². The Hall–Kier alpha value is -1.54. The van der Waals surface area contributed by atoms with Crippen LogP contribution in [0, 0.1) is 17.6 Å². The lowest BCUT2D eigenvalue weighted by molar-refractivity contribution is 0.0453. The topological polar surface area (TPSA) is 86.5 Å². The summed E-state index contributed by atoms with van der Waals surface area (Å²) in [6.45, 7) is 3.56. The number of halogens is 2. The molecule has 1 rings (SSSR count). The van der Waals surface area contributed by atoms with Gasteiger partial charge in [0.05, 0.1) is 12.2 Å². The first-order valence-corrected chi connectivity index (χ1v) is 6.86. The summed E-state index contributed by atoms with van der Waals surface area (Å²) in [4.78, 5) is 10.6. The maximum Gasteiger partial charge on any atom is 0.341 e. The summed E-state index contributed by atoms with van der Waals surface area (Å²) in [5, 5.41) is 4.76. The maximum atomic E-state index is 13.4. The van der Waals surface area contributed by atoms with E-state index in [1.54, 1.807) is 13.8 Å². The van der Waals surface area contributed by atoms with Crippen LogP contribution < -0.4 is 5.14 Å². The van der Waals surface area contributed by atoms with Crippen molar-refractivity contribution in [2.45, 2.75) is 18.7 Å². The molecule has 8 heteroatoms. The van der Waals surface area contributed by atoms with Crippen LogP contribution >= 0.6 is 0 Å². The molecule has 19 heavy (non-hydrogen) atoms. The first kappa shape index (κ1) is 15.5. The zero-order chi connectivity index (χ0) is 14.8.